The van der Waals surface area contributed by atoms with Crippen LogP contribution in [0, 0.1) is 13.8 Å². The number of β-amino-alcohol motifs (C(OH)–C–C–N with tert-alkyl or cyclic N) is 1. The lowest BCUT2D eigenvalue weighted by atomic mass is 9.99. The molecule has 1 aromatic rings. The van der Waals surface area contributed by atoms with E-state index in [1.54, 1.807) is 0 Å². The van der Waals surface area contributed by atoms with Crippen LogP contribution < -0.4 is 4.74 Å². The van der Waals surface area contributed by atoms with Gasteiger partial charge < -0.3 is 14.9 Å². The molecule has 0 spiro atoms. The fourth-order valence-electron chi connectivity index (χ4n) is 3.15. The fraction of sp³-hybridized carbons (Fsp3) is 0.667. The third kappa shape index (κ3) is 4.97. The van der Waals surface area contributed by atoms with Gasteiger partial charge in [-0.3, -0.25) is 4.90 Å². The van der Waals surface area contributed by atoms with E-state index in [-0.39, 0.29) is 6.61 Å². The highest BCUT2D eigenvalue weighted by Crippen LogP contribution is 2.21. The Morgan fingerprint density at radius 1 is 1.32 bits per heavy atom. The summed E-state index contributed by atoms with van der Waals surface area (Å²) >= 11 is 0. The second-order valence-corrected chi connectivity index (χ2v) is 6.39. The maximum atomic E-state index is 10.3. The first-order valence-corrected chi connectivity index (χ1v) is 8.33. The average molecular weight is 307 g/mol. The van der Waals surface area contributed by atoms with E-state index in [4.69, 9.17) is 9.84 Å². The molecule has 4 nitrogen and oxygen atoms in total. The smallest absolute Gasteiger partial charge is 0.122 e. The minimum Gasteiger partial charge on any atom is -0.491 e. The number of ether oxygens (including phenoxy) is 1. The molecule has 22 heavy (non-hydrogen) atoms. The largest absolute Gasteiger partial charge is 0.491 e. The van der Waals surface area contributed by atoms with E-state index < -0.39 is 6.10 Å². The van der Waals surface area contributed by atoms with Crippen LogP contribution >= 0.6 is 0 Å². The number of likely N-dealkylation sites (tertiary alicyclic amines) is 1. The SMILES string of the molecule is Cc1ccc(C)c(OCC(O)CN2CCCCC2CCO)c1. The molecule has 0 amide bonds. The van der Waals surface area contributed by atoms with E-state index >= 15 is 0 Å². The van der Waals surface area contributed by atoms with Crippen LogP contribution in [0.25, 0.3) is 0 Å². The summed E-state index contributed by atoms with van der Waals surface area (Å²) in [6, 6.07) is 6.51. The van der Waals surface area contributed by atoms with Gasteiger partial charge in [-0.2, -0.15) is 0 Å². The van der Waals surface area contributed by atoms with Gasteiger partial charge in [0.05, 0.1) is 0 Å². The van der Waals surface area contributed by atoms with Crippen LogP contribution in [0.1, 0.15) is 36.8 Å². The Morgan fingerprint density at radius 2 is 2.14 bits per heavy atom. The van der Waals surface area contributed by atoms with Gasteiger partial charge in [0.25, 0.3) is 0 Å². The van der Waals surface area contributed by atoms with Crippen molar-refractivity contribution in [1.82, 2.24) is 4.90 Å². The highest BCUT2D eigenvalue weighted by atomic mass is 16.5. The van der Waals surface area contributed by atoms with Crippen molar-refractivity contribution in [3.8, 4) is 5.75 Å². The van der Waals surface area contributed by atoms with Crippen molar-refractivity contribution in [2.45, 2.75) is 51.7 Å². The van der Waals surface area contributed by atoms with Crippen molar-refractivity contribution in [1.29, 1.82) is 0 Å². The Labute approximate surface area is 133 Å². The quantitative estimate of drug-likeness (QED) is 0.811. The number of hydrogen-bond donors (Lipinski definition) is 2. The highest BCUT2D eigenvalue weighted by molar-refractivity contribution is 5.35. The molecule has 2 rings (SSSR count). The number of benzene rings is 1. The van der Waals surface area contributed by atoms with Crippen LogP contribution in [0.2, 0.25) is 0 Å². The molecular weight excluding hydrogens is 278 g/mol. The highest BCUT2D eigenvalue weighted by Gasteiger charge is 2.24. The number of rotatable bonds is 7. The van der Waals surface area contributed by atoms with E-state index in [1.807, 2.05) is 26.0 Å². The summed E-state index contributed by atoms with van der Waals surface area (Å²) in [6.07, 6.45) is 3.80. The minimum absolute atomic E-state index is 0.219. The van der Waals surface area contributed by atoms with Crippen LogP contribution in [0.5, 0.6) is 5.75 Å². The summed E-state index contributed by atoms with van der Waals surface area (Å²) in [5, 5.41) is 19.4. The molecule has 0 bridgehead atoms. The zero-order valence-corrected chi connectivity index (χ0v) is 13.8. The minimum atomic E-state index is -0.501. The molecule has 1 saturated heterocycles. The molecule has 2 unspecified atom stereocenters. The van der Waals surface area contributed by atoms with Crippen LogP contribution in [-0.4, -0.2) is 53.6 Å². The Morgan fingerprint density at radius 3 is 2.91 bits per heavy atom. The lowest BCUT2D eigenvalue weighted by Gasteiger charge is -2.36. The van der Waals surface area contributed by atoms with Crippen LogP contribution in [-0.2, 0) is 0 Å². The molecular formula is C18H29NO3. The van der Waals surface area contributed by atoms with E-state index in [9.17, 15) is 5.11 Å². The van der Waals surface area contributed by atoms with Crippen molar-refractivity contribution >= 4 is 0 Å². The summed E-state index contributed by atoms with van der Waals surface area (Å²) in [5.41, 5.74) is 2.25. The van der Waals surface area contributed by atoms with E-state index in [1.165, 1.54) is 12.8 Å². The van der Waals surface area contributed by atoms with Gasteiger partial charge in [-0.25, -0.2) is 0 Å². The summed E-state index contributed by atoms with van der Waals surface area (Å²) in [4.78, 5) is 2.30. The molecule has 0 radical (unpaired) electrons. The van der Waals surface area contributed by atoms with Gasteiger partial charge in [0, 0.05) is 19.2 Å². The first kappa shape index (κ1) is 17.3. The molecule has 1 aliphatic heterocycles. The number of aliphatic hydroxyl groups excluding tert-OH is 2. The number of aryl methyl sites for hydroxylation is 2. The zero-order valence-electron chi connectivity index (χ0n) is 13.8. The van der Waals surface area contributed by atoms with Gasteiger partial charge in [0.1, 0.15) is 18.5 Å². The summed E-state index contributed by atoms with van der Waals surface area (Å²) in [7, 11) is 0. The Balaban J connectivity index is 1.84. The van der Waals surface area contributed by atoms with Gasteiger partial charge in [-0.15, -0.1) is 0 Å². The summed E-state index contributed by atoms with van der Waals surface area (Å²) in [6.45, 7) is 6.21. The van der Waals surface area contributed by atoms with Crippen molar-refractivity contribution in [2.24, 2.45) is 0 Å². The van der Waals surface area contributed by atoms with Gasteiger partial charge in [0.15, 0.2) is 0 Å². The van der Waals surface area contributed by atoms with Crippen molar-refractivity contribution in [3.63, 3.8) is 0 Å². The van der Waals surface area contributed by atoms with Crippen LogP contribution in [0.15, 0.2) is 18.2 Å². The molecule has 1 heterocycles. The first-order chi connectivity index (χ1) is 10.6. The Hall–Kier alpha value is -1.10. The summed E-state index contributed by atoms with van der Waals surface area (Å²) in [5.74, 6) is 0.851. The van der Waals surface area contributed by atoms with E-state index in [0.717, 1.165) is 36.3 Å². The molecule has 1 fully saturated rings. The molecule has 0 saturated carbocycles. The monoisotopic (exact) mass is 307 g/mol. The molecule has 1 aromatic carbocycles. The normalized spacial score (nSPS) is 20.8. The van der Waals surface area contributed by atoms with Crippen molar-refractivity contribution < 1.29 is 14.9 Å². The molecule has 124 valence electrons. The van der Waals surface area contributed by atoms with Crippen molar-refractivity contribution in [2.75, 3.05) is 26.3 Å². The van der Waals surface area contributed by atoms with Crippen LogP contribution in [0.4, 0.5) is 0 Å². The molecule has 4 heteroatoms. The predicted molar refractivity (Wildman–Crippen MR) is 88.3 cm³/mol. The third-order valence-electron chi connectivity index (χ3n) is 4.43. The van der Waals surface area contributed by atoms with E-state index in [2.05, 4.69) is 11.0 Å². The molecule has 2 N–H and O–H groups in total. The standard InChI is InChI=1S/C18H29NO3/c1-14-6-7-15(2)18(11-14)22-13-17(21)12-19-9-4-3-5-16(19)8-10-20/h6-7,11,16-17,20-21H,3-5,8-10,12-13H2,1-2H3. The lowest BCUT2D eigenvalue weighted by Crippen LogP contribution is -2.45. The lowest BCUT2D eigenvalue weighted by molar-refractivity contribution is 0.0330. The molecule has 2 atom stereocenters. The fourth-order valence-corrected chi connectivity index (χ4v) is 3.15. The van der Waals surface area contributed by atoms with Gasteiger partial charge in [-0.1, -0.05) is 18.6 Å². The molecule has 0 aromatic heterocycles. The van der Waals surface area contributed by atoms with Crippen LogP contribution in [0.3, 0.4) is 0 Å². The number of piperidine rings is 1. The topological polar surface area (TPSA) is 52.9 Å². The zero-order chi connectivity index (χ0) is 15.9. The van der Waals surface area contributed by atoms with Gasteiger partial charge in [-0.05, 0) is 56.8 Å². The summed E-state index contributed by atoms with van der Waals surface area (Å²) < 4.78 is 5.79. The number of aliphatic hydroxyl groups is 2. The number of nitrogens with zero attached hydrogens (tertiary/aromatic N) is 1. The second kappa shape index (κ2) is 8.51. The first-order valence-electron chi connectivity index (χ1n) is 8.33. The second-order valence-electron chi connectivity index (χ2n) is 6.39. The Kier molecular flexibility index (Phi) is 6.68. The molecule has 0 aliphatic carbocycles. The van der Waals surface area contributed by atoms with Gasteiger partial charge in [0.2, 0.25) is 0 Å². The maximum Gasteiger partial charge on any atom is 0.122 e. The maximum absolute atomic E-state index is 10.3. The van der Waals surface area contributed by atoms with Gasteiger partial charge >= 0.3 is 0 Å². The van der Waals surface area contributed by atoms with E-state index in [0.29, 0.717) is 19.2 Å². The average Bonchev–Trinajstić information content (AvgIpc) is 2.50. The van der Waals surface area contributed by atoms with Crippen molar-refractivity contribution in [3.05, 3.63) is 29.3 Å². The predicted octanol–water partition coefficient (Wildman–Crippen LogP) is 2.28. The Bertz CT molecular complexity index is 462. The third-order valence-corrected chi connectivity index (χ3v) is 4.43. The number of hydrogen-bond acceptors (Lipinski definition) is 4. The molecule has 1 aliphatic rings.